The Morgan fingerprint density at radius 1 is 1.03 bits per heavy atom. The molecular formula is C23H15FN2O4. The number of nitrogens with zero attached hydrogens (tertiary/aromatic N) is 1. The molecule has 1 aromatic heterocycles. The maximum atomic E-state index is 13.2. The van der Waals surface area contributed by atoms with Crippen molar-refractivity contribution in [3.63, 3.8) is 0 Å². The summed E-state index contributed by atoms with van der Waals surface area (Å²) in [6.45, 7) is 0. The molecule has 1 heterocycles. The van der Waals surface area contributed by atoms with Crippen LogP contribution in [0.1, 0.15) is 15.9 Å². The van der Waals surface area contributed by atoms with Crippen molar-refractivity contribution in [2.24, 2.45) is 5.10 Å². The van der Waals surface area contributed by atoms with Crippen molar-refractivity contribution in [2.75, 3.05) is 0 Å². The van der Waals surface area contributed by atoms with Crippen molar-refractivity contribution in [1.82, 2.24) is 5.43 Å². The number of rotatable bonds is 4. The van der Waals surface area contributed by atoms with Crippen LogP contribution in [0, 0.1) is 5.82 Å². The highest BCUT2D eigenvalue weighted by atomic mass is 19.1. The van der Waals surface area contributed by atoms with Gasteiger partial charge >= 0.3 is 0 Å². The van der Waals surface area contributed by atoms with Crippen molar-refractivity contribution in [2.45, 2.75) is 0 Å². The average Bonchev–Trinajstić information content (AvgIpc) is 2.76. The van der Waals surface area contributed by atoms with E-state index in [0.29, 0.717) is 11.1 Å². The predicted molar refractivity (Wildman–Crippen MR) is 111 cm³/mol. The Labute approximate surface area is 169 Å². The zero-order valence-corrected chi connectivity index (χ0v) is 15.5. The highest BCUT2D eigenvalue weighted by molar-refractivity contribution is 6.00. The lowest BCUT2D eigenvalue weighted by Gasteiger charge is -2.07. The number of benzene rings is 3. The Hall–Kier alpha value is -4.26. The van der Waals surface area contributed by atoms with Crippen LogP contribution in [0.25, 0.3) is 22.3 Å². The van der Waals surface area contributed by atoms with Crippen LogP contribution in [-0.4, -0.2) is 17.2 Å². The van der Waals surface area contributed by atoms with Crippen molar-refractivity contribution in [1.29, 1.82) is 0 Å². The van der Waals surface area contributed by atoms with Crippen molar-refractivity contribution in [3.8, 4) is 17.1 Å². The summed E-state index contributed by atoms with van der Waals surface area (Å²) in [6.07, 6.45) is 1.20. The summed E-state index contributed by atoms with van der Waals surface area (Å²) in [5.41, 5.74) is 3.17. The second kappa shape index (κ2) is 8.00. The minimum absolute atomic E-state index is 0.0968. The third kappa shape index (κ3) is 3.81. The molecule has 0 aliphatic rings. The number of carbonyl (C=O) groups is 1. The lowest BCUT2D eigenvalue weighted by atomic mass is 10.1. The van der Waals surface area contributed by atoms with Crippen LogP contribution >= 0.6 is 0 Å². The zero-order valence-electron chi connectivity index (χ0n) is 15.5. The summed E-state index contributed by atoms with van der Waals surface area (Å²) < 4.78 is 19.0. The van der Waals surface area contributed by atoms with Crippen LogP contribution in [0.2, 0.25) is 0 Å². The van der Waals surface area contributed by atoms with Gasteiger partial charge in [-0.25, -0.2) is 9.82 Å². The predicted octanol–water partition coefficient (Wildman–Crippen LogP) is 4.07. The van der Waals surface area contributed by atoms with Gasteiger partial charge in [-0.1, -0.05) is 18.2 Å². The van der Waals surface area contributed by atoms with Gasteiger partial charge in [0.1, 0.15) is 17.3 Å². The van der Waals surface area contributed by atoms with Gasteiger partial charge in [0.15, 0.2) is 11.0 Å². The first kappa shape index (κ1) is 19.1. The summed E-state index contributed by atoms with van der Waals surface area (Å²) in [6, 6.07) is 18.0. The van der Waals surface area contributed by atoms with E-state index in [2.05, 4.69) is 10.5 Å². The van der Waals surface area contributed by atoms with Gasteiger partial charge in [-0.2, -0.15) is 5.10 Å². The molecule has 0 saturated heterocycles. The number of hydrogen-bond donors (Lipinski definition) is 2. The first-order valence-electron chi connectivity index (χ1n) is 8.97. The lowest BCUT2D eigenvalue weighted by molar-refractivity contribution is 0.0955. The molecule has 0 bridgehead atoms. The highest BCUT2D eigenvalue weighted by Crippen LogP contribution is 2.28. The van der Waals surface area contributed by atoms with E-state index in [1.165, 1.54) is 48.7 Å². The largest absolute Gasteiger partial charge is 0.507 e. The molecule has 0 saturated carbocycles. The normalized spacial score (nSPS) is 11.1. The van der Waals surface area contributed by atoms with E-state index in [1.54, 1.807) is 30.3 Å². The smallest absolute Gasteiger partial charge is 0.271 e. The number of phenolic OH excluding ortho intramolecular Hbond substituents is 1. The number of nitrogens with one attached hydrogen (secondary N) is 1. The minimum atomic E-state index is -0.431. The van der Waals surface area contributed by atoms with E-state index in [9.17, 15) is 19.1 Å². The van der Waals surface area contributed by atoms with Gasteiger partial charge in [0.05, 0.1) is 17.2 Å². The van der Waals surface area contributed by atoms with Gasteiger partial charge in [0, 0.05) is 17.2 Å². The molecule has 0 aliphatic carbocycles. The molecule has 0 unspecified atom stereocenters. The number of amides is 1. The molecule has 148 valence electrons. The van der Waals surface area contributed by atoms with Crippen LogP contribution in [0.5, 0.6) is 5.75 Å². The Morgan fingerprint density at radius 2 is 1.77 bits per heavy atom. The third-order valence-electron chi connectivity index (χ3n) is 4.44. The summed E-state index contributed by atoms with van der Waals surface area (Å²) in [4.78, 5) is 24.7. The molecular weight excluding hydrogens is 387 g/mol. The third-order valence-corrected chi connectivity index (χ3v) is 4.44. The van der Waals surface area contributed by atoms with Gasteiger partial charge in [0.2, 0.25) is 0 Å². The van der Waals surface area contributed by atoms with E-state index in [4.69, 9.17) is 4.42 Å². The molecule has 4 aromatic rings. The SMILES string of the molecule is O=C(N/N=C/c1c(O)ccc2c(=O)cc(-c3ccc(F)cc3)oc12)c1ccccc1. The van der Waals surface area contributed by atoms with Crippen LogP contribution in [0.15, 0.2) is 87.1 Å². The topological polar surface area (TPSA) is 91.9 Å². The van der Waals surface area contributed by atoms with Gasteiger partial charge in [0.25, 0.3) is 5.91 Å². The standard InChI is InChI=1S/C23H15FN2O4/c24-16-8-6-14(7-9-16)21-12-20(28)17-10-11-19(27)18(22(17)30-21)13-25-26-23(29)15-4-2-1-3-5-15/h1-13,27H,(H,26,29)/b25-13+. The quantitative estimate of drug-likeness (QED) is 0.398. The fourth-order valence-electron chi connectivity index (χ4n) is 2.92. The number of aromatic hydroxyl groups is 1. The number of carbonyl (C=O) groups excluding carboxylic acids is 1. The molecule has 0 fully saturated rings. The average molecular weight is 402 g/mol. The first-order chi connectivity index (χ1) is 14.5. The van der Waals surface area contributed by atoms with Gasteiger partial charge in [-0.3, -0.25) is 9.59 Å². The molecule has 0 spiro atoms. The number of phenols is 1. The fraction of sp³-hybridized carbons (Fsp3) is 0. The Kier molecular flexibility index (Phi) is 5.09. The molecule has 2 N–H and O–H groups in total. The zero-order chi connectivity index (χ0) is 21.1. The summed E-state index contributed by atoms with van der Waals surface area (Å²) >= 11 is 0. The summed E-state index contributed by atoms with van der Waals surface area (Å²) in [5, 5.41) is 14.4. The monoisotopic (exact) mass is 402 g/mol. The van der Waals surface area contributed by atoms with Crippen LogP contribution in [0.4, 0.5) is 4.39 Å². The summed E-state index contributed by atoms with van der Waals surface area (Å²) in [7, 11) is 0. The van der Waals surface area contributed by atoms with Gasteiger partial charge in [-0.15, -0.1) is 0 Å². The Morgan fingerprint density at radius 3 is 2.50 bits per heavy atom. The van der Waals surface area contributed by atoms with E-state index in [1.807, 2.05) is 0 Å². The van der Waals surface area contributed by atoms with Crippen molar-refractivity contribution in [3.05, 3.63) is 100.0 Å². The molecule has 1 amide bonds. The van der Waals surface area contributed by atoms with E-state index >= 15 is 0 Å². The molecule has 30 heavy (non-hydrogen) atoms. The van der Waals surface area contributed by atoms with Crippen LogP contribution in [-0.2, 0) is 0 Å². The molecule has 3 aromatic carbocycles. The van der Waals surface area contributed by atoms with Gasteiger partial charge < -0.3 is 9.52 Å². The minimum Gasteiger partial charge on any atom is -0.507 e. The van der Waals surface area contributed by atoms with Crippen molar-refractivity contribution < 1.29 is 18.7 Å². The maximum absolute atomic E-state index is 13.2. The number of hydrogen-bond acceptors (Lipinski definition) is 5. The summed E-state index contributed by atoms with van der Waals surface area (Å²) in [5.74, 6) is -0.817. The highest BCUT2D eigenvalue weighted by Gasteiger charge is 2.13. The van der Waals surface area contributed by atoms with Crippen LogP contribution < -0.4 is 10.9 Å². The molecule has 4 rings (SSSR count). The van der Waals surface area contributed by atoms with E-state index in [0.717, 1.165) is 0 Å². The maximum Gasteiger partial charge on any atom is 0.271 e. The van der Waals surface area contributed by atoms with E-state index < -0.39 is 11.7 Å². The molecule has 0 radical (unpaired) electrons. The Balaban J connectivity index is 1.73. The lowest BCUT2D eigenvalue weighted by Crippen LogP contribution is -2.17. The second-order valence-electron chi connectivity index (χ2n) is 6.42. The van der Waals surface area contributed by atoms with Crippen molar-refractivity contribution >= 4 is 23.1 Å². The number of fused-ring (bicyclic) bond motifs is 1. The fourth-order valence-corrected chi connectivity index (χ4v) is 2.92. The molecule has 0 aliphatic heterocycles. The molecule has 0 atom stereocenters. The molecule has 7 heteroatoms. The molecule has 6 nitrogen and oxygen atoms in total. The Bertz CT molecular complexity index is 1310. The van der Waals surface area contributed by atoms with Gasteiger partial charge in [-0.05, 0) is 48.5 Å². The number of halogens is 1. The first-order valence-corrected chi connectivity index (χ1v) is 8.97. The second-order valence-corrected chi connectivity index (χ2v) is 6.42. The number of hydrazone groups is 1. The van der Waals surface area contributed by atoms with E-state index in [-0.39, 0.29) is 33.5 Å². The van der Waals surface area contributed by atoms with Crippen LogP contribution in [0.3, 0.4) is 0 Å².